The second-order valence-corrected chi connectivity index (χ2v) is 5.97. The lowest BCUT2D eigenvalue weighted by atomic mass is 10.1. The summed E-state index contributed by atoms with van der Waals surface area (Å²) in [6.07, 6.45) is 2.48. The monoisotopic (exact) mass is 367 g/mol. The Hall–Kier alpha value is -3.48. The first-order valence-corrected chi connectivity index (χ1v) is 8.29. The summed E-state index contributed by atoms with van der Waals surface area (Å²) in [5.41, 5.74) is 1.00. The topological polar surface area (TPSA) is 73.2 Å². The van der Waals surface area contributed by atoms with Crippen LogP contribution in [0.2, 0.25) is 0 Å². The third-order valence-electron chi connectivity index (χ3n) is 3.93. The van der Waals surface area contributed by atoms with Crippen LogP contribution in [-0.2, 0) is 11.8 Å². The van der Waals surface area contributed by atoms with Crippen molar-refractivity contribution in [1.29, 1.82) is 0 Å². The standard InChI is InChI=1S/C20H18FN3O3/c1-13(27-17-9-5-15(21)6-10-17)20(26)23-16-7-3-14(4-8-16)18(25)19-22-11-12-24(19)2/h3-13H,1-2H3,(H,23,26)/t13-/m0/s1. The minimum Gasteiger partial charge on any atom is -0.481 e. The smallest absolute Gasteiger partial charge is 0.265 e. The van der Waals surface area contributed by atoms with E-state index in [0.717, 1.165) is 0 Å². The van der Waals surface area contributed by atoms with Crippen molar-refractivity contribution in [3.05, 3.63) is 78.1 Å². The molecule has 0 unspecified atom stereocenters. The molecule has 0 fully saturated rings. The maximum atomic E-state index is 12.9. The third kappa shape index (κ3) is 4.38. The highest BCUT2D eigenvalue weighted by molar-refractivity contribution is 6.07. The molecule has 2 aromatic carbocycles. The first kappa shape index (κ1) is 18.3. The van der Waals surface area contributed by atoms with Crippen molar-refractivity contribution < 1.29 is 18.7 Å². The molecule has 1 atom stereocenters. The fraction of sp³-hybridized carbons (Fsp3) is 0.150. The van der Waals surface area contributed by atoms with E-state index in [4.69, 9.17) is 4.74 Å². The summed E-state index contributed by atoms with van der Waals surface area (Å²) < 4.78 is 20.0. The number of nitrogens with one attached hydrogen (secondary N) is 1. The zero-order chi connectivity index (χ0) is 19.4. The Bertz CT molecular complexity index is 949. The lowest BCUT2D eigenvalue weighted by molar-refractivity contribution is -0.122. The van der Waals surface area contributed by atoms with Gasteiger partial charge in [-0.05, 0) is 55.5 Å². The normalized spacial score (nSPS) is 11.7. The van der Waals surface area contributed by atoms with E-state index in [0.29, 0.717) is 22.8 Å². The zero-order valence-corrected chi connectivity index (χ0v) is 14.8. The van der Waals surface area contributed by atoms with Gasteiger partial charge in [0.15, 0.2) is 11.9 Å². The van der Waals surface area contributed by atoms with Gasteiger partial charge in [-0.3, -0.25) is 9.59 Å². The quantitative estimate of drug-likeness (QED) is 0.679. The van der Waals surface area contributed by atoms with Crippen molar-refractivity contribution in [2.24, 2.45) is 7.05 Å². The van der Waals surface area contributed by atoms with Gasteiger partial charge in [-0.1, -0.05) is 0 Å². The van der Waals surface area contributed by atoms with Crippen LogP contribution in [0.25, 0.3) is 0 Å². The summed E-state index contributed by atoms with van der Waals surface area (Å²) in [6.45, 7) is 1.59. The average Bonchev–Trinajstić information content (AvgIpc) is 3.09. The molecule has 1 aromatic heterocycles. The number of hydrogen-bond acceptors (Lipinski definition) is 4. The minimum absolute atomic E-state index is 0.201. The molecule has 0 aliphatic carbocycles. The molecule has 1 heterocycles. The highest BCUT2D eigenvalue weighted by atomic mass is 19.1. The molecule has 0 bridgehead atoms. The molecule has 3 rings (SSSR count). The lowest BCUT2D eigenvalue weighted by Crippen LogP contribution is -2.30. The summed E-state index contributed by atoms with van der Waals surface area (Å²) in [5.74, 6) is -0.196. The van der Waals surface area contributed by atoms with E-state index in [1.54, 1.807) is 55.2 Å². The van der Waals surface area contributed by atoms with E-state index in [2.05, 4.69) is 10.3 Å². The van der Waals surface area contributed by atoms with E-state index in [-0.39, 0.29) is 17.5 Å². The van der Waals surface area contributed by atoms with Crippen molar-refractivity contribution in [3.63, 3.8) is 0 Å². The van der Waals surface area contributed by atoms with E-state index in [1.165, 1.54) is 24.3 Å². The number of hydrogen-bond donors (Lipinski definition) is 1. The number of ketones is 1. The zero-order valence-electron chi connectivity index (χ0n) is 14.8. The molecule has 0 saturated carbocycles. The highest BCUT2D eigenvalue weighted by Gasteiger charge is 2.16. The number of carbonyl (C=O) groups is 2. The number of imidazole rings is 1. The maximum Gasteiger partial charge on any atom is 0.265 e. The van der Waals surface area contributed by atoms with Crippen LogP contribution in [0.1, 0.15) is 23.1 Å². The molecule has 6 nitrogen and oxygen atoms in total. The van der Waals surface area contributed by atoms with Gasteiger partial charge in [-0.15, -0.1) is 0 Å². The summed E-state index contributed by atoms with van der Waals surface area (Å²) >= 11 is 0. The predicted molar refractivity (Wildman–Crippen MR) is 98.2 cm³/mol. The second kappa shape index (κ2) is 7.82. The van der Waals surface area contributed by atoms with Crippen LogP contribution in [-0.4, -0.2) is 27.3 Å². The van der Waals surface area contributed by atoms with E-state index in [1.807, 2.05) is 0 Å². The molecule has 0 aliphatic rings. The molecule has 27 heavy (non-hydrogen) atoms. The number of nitrogens with zero attached hydrogens (tertiary/aromatic N) is 2. The fourth-order valence-electron chi connectivity index (χ4n) is 2.43. The van der Waals surface area contributed by atoms with E-state index in [9.17, 15) is 14.0 Å². The van der Waals surface area contributed by atoms with E-state index >= 15 is 0 Å². The van der Waals surface area contributed by atoms with Crippen LogP contribution in [0.15, 0.2) is 60.9 Å². The summed E-state index contributed by atoms with van der Waals surface area (Å²) in [7, 11) is 1.75. The molecule has 1 N–H and O–H groups in total. The Labute approximate surface area is 155 Å². The van der Waals surface area contributed by atoms with Crippen molar-refractivity contribution in [2.75, 3.05) is 5.32 Å². The summed E-state index contributed by atoms with van der Waals surface area (Å²) in [5, 5.41) is 2.72. The Morgan fingerprint density at radius 1 is 1.11 bits per heavy atom. The Morgan fingerprint density at radius 2 is 1.78 bits per heavy atom. The van der Waals surface area contributed by atoms with Crippen molar-refractivity contribution in [1.82, 2.24) is 9.55 Å². The molecule has 7 heteroatoms. The van der Waals surface area contributed by atoms with Gasteiger partial charge in [0.25, 0.3) is 5.91 Å². The number of aromatic nitrogens is 2. The summed E-state index contributed by atoms with van der Waals surface area (Å²) in [4.78, 5) is 28.7. The first-order valence-electron chi connectivity index (χ1n) is 8.29. The predicted octanol–water partition coefficient (Wildman–Crippen LogP) is 3.20. The van der Waals surface area contributed by atoms with Crippen LogP contribution < -0.4 is 10.1 Å². The van der Waals surface area contributed by atoms with Crippen molar-refractivity contribution in [2.45, 2.75) is 13.0 Å². The molecule has 0 radical (unpaired) electrons. The Balaban J connectivity index is 1.62. The fourth-order valence-corrected chi connectivity index (χ4v) is 2.43. The minimum atomic E-state index is -0.774. The molecule has 0 saturated heterocycles. The molecular weight excluding hydrogens is 349 g/mol. The van der Waals surface area contributed by atoms with Crippen LogP contribution in [0.3, 0.4) is 0 Å². The molecule has 138 valence electrons. The number of carbonyl (C=O) groups excluding carboxylic acids is 2. The molecule has 0 aliphatic heterocycles. The largest absolute Gasteiger partial charge is 0.481 e. The van der Waals surface area contributed by atoms with Crippen LogP contribution >= 0.6 is 0 Å². The van der Waals surface area contributed by atoms with Crippen molar-refractivity contribution >= 4 is 17.4 Å². The van der Waals surface area contributed by atoms with Crippen LogP contribution in [0, 0.1) is 5.82 Å². The van der Waals surface area contributed by atoms with Gasteiger partial charge in [-0.25, -0.2) is 9.37 Å². The number of benzene rings is 2. The number of amides is 1. The molecular formula is C20H18FN3O3. The van der Waals surface area contributed by atoms with Gasteiger partial charge in [0.05, 0.1) is 0 Å². The second-order valence-electron chi connectivity index (χ2n) is 5.97. The van der Waals surface area contributed by atoms with Gasteiger partial charge >= 0.3 is 0 Å². The SMILES string of the molecule is C[C@H](Oc1ccc(F)cc1)C(=O)Nc1ccc(C(=O)c2nccn2C)cc1. The highest BCUT2D eigenvalue weighted by Crippen LogP contribution is 2.16. The summed E-state index contributed by atoms with van der Waals surface area (Å²) in [6, 6.07) is 12.0. The van der Waals surface area contributed by atoms with Gasteiger partial charge in [0.1, 0.15) is 11.6 Å². The van der Waals surface area contributed by atoms with Gasteiger partial charge in [0.2, 0.25) is 5.78 Å². The number of aryl methyl sites for hydroxylation is 1. The molecule has 1 amide bonds. The average molecular weight is 367 g/mol. The first-order chi connectivity index (χ1) is 12.9. The van der Waals surface area contributed by atoms with Gasteiger partial charge in [-0.2, -0.15) is 0 Å². The number of rotatable bonds is 6. The number of halogens is 1. The van der Waals surface area contributed by atoms with Crippen molar-refractivity contribution in [3.8, 4) is 5.75 Å². The number of anilines is 1. The van der Waals surface area contributed by atoms with Crippen LogP contribution in [0.4, 0.5) is 10.1 Å². The van der Waals surface area contributed by atoms with Gasteiger partial charge in [0, 0.05) is 30.7 Å². The third-order valence-corrected chi connectivity index (χ3v) is 3.93. The van der Waals surface area contributed by atoms with Crippen LogP contribution in [0.5, 0.6) is 5.75 Å². The number of ether oxygens (including phenoxy) is 1. The molecule has 0 spiro atoms. The molecule has 3 aromatic rings. The van der Waals surface area contributed by atoms with Gasteiger partial charge < -0.3 is 14.6 Å². The Kier molecular flexibility index (Phi) is 5.30. The maximum absolute atomic E-state index is 12.9. The van der Waals surface area contributed by atoms with E-state index < -0.39 is 6.10 Å². The lowest BCUT2D eigenvalue weighted by Gasteiger charge is -2.15. The Morgan fingerprint density at radius 3 is 2.37 bits per heavy atom.